The Kier molecular flexibility index (Phi) is 5.04. The molecule has 0 spiro atoms. The number of carboxylic acid groups (broad SMARTS) is 1. The van der Waals surface area contributed by atoms with Gasteiger partial charge in [0.1, 0.15) is 13.6 Å². The van der Waals surface area contributed by atoms with Crippen molar-refractivity contribution in [3.8, 4) is 17.2 Å². The predicted molar refractivity (Wildman–Crippen MR) is 92.5 cm³/mol. The van der Waals surface area contributed by atoms with Gasteiger partial charge in [-0.2, -0.15) is 4.98 Å². The summed E-state index contributed by atoms with van der Waals surface area (Å²) < 4.78 is 10.5. The molecule has 0 fully saturated rings. The molecule has 3 aromatic rings. The summed E-state index contributed by atoms with van der Waals surface area (Å²) in [6.07, 6.45) is 0.442. The maximum absolute atomic E-state index is 10.7. The zero-order chi connectivity index (χ0) is 17.8. The zero-order valence-corrected chi connectivity index (χ0v) is 13.7. The lowest BCUT2D eigenvalue weighted by atomic mass is 9.94. The van der Waals surface area contributed by atoms with Crippen LogP contribution in [0.3, 0.4) is 0 Å². The van der Waals surface area contributed by atoms with Crippen LogP contribution >= 0.6 is 11.6 Å². The van der Waals surface area contributed by atoms with Crippen LogP contribution in [0, 0.1) is 0 Å². The summed E-state index contributed by atoms with van der Waals surface area (Å²) in [6.45, 7) is -0.486. The van der Waals surface area contributed by atoms with Crippen LogP contribution in [0.25, 0.3) is 11.5 Å². The van der Waals surface area contributed by atoms with Gasteiger partial charge in [0.2, 0.25) is 0 Å². The number of hydrogen-bond acceptors (Lipinski definition) is 5. The van der Waals surface area contributed by atoms with Crippen LogP contribution < -0.4 is 10.2 Å². The summed E-state index contributed by atoms with van der Waals surface area (Å²) in [5, 5.41) is 13.3. The van der Waals surface area contributed by atoms with Gasteiger partial charge in [-0.15, -0.1) is 0 Å². The van der Waals surface area contributed by atoms with Gasteiger partial charge in [-0.05, 0) is 23.8 Å². The van der Waals surface area contributed by atoms with E-state index in [4.69, 9.17) is 33.8 Å². The minimum atomic E-state index is -1.09. The van der Waals surface area contributed by atoms with E-state index < -0.39 is 12.6 Å². The summed E-state index contributed by atoms with van der Waals surface area (Å²) in [5.74, 6) is -0.127. The molecule has 124 valence electrons. The fraction of sp³-hybridized carbons (Fsp3) is 0.118. The molecule has 0 saturated carbocycles. The highest BCUT2D eigenvalue weighted by Gasteiger charge is 2.15. The molecule has 6 nitrogen and oxygen atoms in total. The fourth-order valence-electron chi connectivity index (χ4n) is 2.24. The molecule has 1 aromatic heterocycles. The van der Waals surface area contributed by atoms with Crippen molar-refractivity contribution in [3.05, 3.63) is 58.9 Å². The van der Waals surface area contributed by atoms with Crippen LogP contribution in [-0.2, 0) is 11.2 Å². The van der Waals surface area contributed by atoms with Crippen molar-refractivity contribution >= 4 is 30.9 Å². The zero-order valence-electron chi connectivity index (χ0n) is 13.0. The molecule has 0 bridgehead atoms. The molecule has 2 radical (unpaired) electrons. The number of ether oxygens (including phenoxy) is 1. The summed E-state index contributed by atoms with van der Waals surface area (Å²) >= 11 is 5.97. The average molecular weight is 355 g/mol. The summed E-state index contributed by atoms with van der Waals surface area (Å²) in [6, 6.07) is 12.1. The fourth-order valence-corrected chi connectivity index (χ4v) is 2.46. The molecular weight excluding hydrogens is 342 g/mol. The molecule has 0 atom stereocenters. The van der Waals surface area contributed by atoms with E-state index in [1.165, 1.54) is 0 Å². The van der Waals surface area contributed by atoms with Gasteiger partial charge in [0.05, 0.1) is 5.56 Å². The molecule has 0 aliphatic rings. The van der Waals surface area contributed by atoms with Crippen LogP contribution in [0.5, 0.6) is 5.75 Å². The molecule has 0 saturated heterocycles. The summed E-state index contributed by atoms with van der Waals surface area (Å²) in [7, 11) is 5.79. The largest absolute Gasteiger partial charge is 0.481 e. The Bertz CT molecular complexity index is 913. The van der Waals surface area contributed by atoms with Crippen molar-refractivity contribution < 1.29 is 19.2 Å². The molecule has 1 heterocycles. The second kappa shape index (κ2) is 7.40. The lowest BCUT2D eigenvalue weighted by molar-refractivity contribution is -0.139. The van der Waals surface area contributed by atoms with Gasteiger partial charge in [0, 0.05) is 11.4 Å². The average Bonchev–Trinajstić information content (AvgIpc) is 3.02. The number of carbonyl (C=O) groups is 1. The lowest BCUT2D eigenvalue weighted by Gasteiger charge is -2.08. The molecule has 0 aliphatic heterocycles. The van der Waals surface area contributed by atoms with Gasteiger partial charge in [-0.25, -0.2) is 4.79 Å². The molecule has 2 aromatic carbocycles. The molecular formula is C17H12BClN2O4. The molecule has 8 heteroatoms. The standard InChI is InChI=1S/C17H12BClN2O4/c18-11-4-5-14(24-9-16(22)23)13(8-11)17-20-15(21-25-17)7-10-2-1-3-12(19)6-10/h1-6,8H,7,9H2,(H,22,23). The first-order chi connectivity index (χ1) is 12.0. The lowest BCUT2D eigenvalue weighted by Crippen LogP contribution is -2.11. The third-order valence-corrected chi connectivity index (χ3v) is 3.54. The van der Waals surface area contributed by atoms with Crippen molar-refractivity contribution in [2.24, 2.45) is 0 Å². The van der Waals surface area contributed by atoms with E-state index in [0.717, 1.165) is 5.56 Å². The Labute approximate surface area is 149 Å². The van der Waals surface area contributed by atoms with Crippen molar-refractivity contribution in [1.82, 2.24) is 10.1 Å². The van der Waals surface area contributed by atoms with E-state index in [1.54, 1.807) is 24.3 Å². The Morgan fingerprint density at radius 1 is 1.28 bits per heavy atom. The molecule has 0 amide bonds. The van der Waals surface area contributed by atoms with Crippen LogP contribution in [0.1, 0.15) is 11.4 Å². The van der Waals surface area contributed by atoms with Crippen molar-refractivity contribution in [1.29, 1.82) is 0 Å². The SMILES string of the molecule is [B]c1ccc(OCC(=O)O)c(-c2nc(Cc3cccc(Cl)c3)no2)c1. The van der Waals surface area contributed by atoms with Crippen LogP contribution in [0.4, 0.5) is 0 Å². The van der Waals surface area contributed by atoms with Gasteiger partial charge in [-0.3, -0.25) is 0 Å². The van der Waals surface area contributed by atoms with Crippen LogP contribution in [-0.4, -0.2) is 35.7 Å². The second-order valence-corrected chi connectivity index (χ2v) is 5.70. The number of carboxylic acids is 1. The number of nitrogens with zero attached hydrogens (tertiary/aromatic N) is 2. The minimum absolute atomic E-state index is 0.199. The number of benzene rings is 2. The smallest absolute Gasteiger partial charge is 0.341 e. The molecule has 0 aliphatic carbocycles. The van der Waals surface area contributed by atoms with Crippen LogP contribution in [0.2, 0.25) is 5.02 Å². The normalized spacial score (nSPS) is 10.6. The van der Waals surface area contributed by atoms with Crippen LogP contribution in [0.15, 0.2) is 47.0 Å². The van der Waals surface area contributed by atoms with Gasteiger partial charge in [0.25, 0.3) is 5.89 Å². The van der Waals surface area contributed by atoms with Gasteiger partial charge in [0.15, 0.2) is 12.4 Å². The van der Waals surface area contributed by atoms with Gasteiger partial charge < -0.3 is 14.4 Å². The predicted octanol–water partition coefficient (Wildman–Crippen LogP) is 2.24. The van der Waals surface area contributed by atoms with Gasteiger partial charge >= 0.3 is 5.97 Å². The topological polar surface area (TPSA) is 85.5 Å². The first kappa shape index (κ1) is 17.0. The number of hydrogen-bond donors (Lipinski definition) is 1. The third kappa shape index (κ3) is 4.39. The highest BCUT2D eigenvalue weighted by atomic mass is 35.5. The Hall–Kier alpha value is -2.80. The van der Waals surface area contributed by atoms with E-state index in [-0.39, 0.29) is 5.89 Å². The number of halogens is 1. The first-order valence-corrected chi connectivity index (χ1v) is 7.70. The van der Waals surface area contributed by atoms with E-state index in [2.05, 4.69) is 10.1 Å². The number of rotatable bonds is 6. The maximum Gasteiger partial charge on any atom is 0.341 e. The maximum atomic E-state index is 10.7. The first-order valence-electron chi connectivity index (χ1n) is 7.33. The minimum Gasteiger partial charge on any atom is -0.481 e. The molecule has 0 unspecified atom stereocenters. The van der Waals surface area contributed by atoms with Gasteiger partial charge in [-0.1, -0.05) is 46.5 Å². The Morgan fingerprint density at radius 3 is 2.88 bits per heavy atom. The monoisotopic (exact) mass is 354 g/mol. The number of aromatic nitrogens is 2. The highest BCUT2D eigenvalue weighted by Crippen LogP contribution is 2.28. The third-order valence-electron chi connectivity index (χ3n) is 3.30. The summed E-state index contributed by atoms with van der Waals surface area (Å²) in [4.78, 5) is 15.0. The van der Waals surface area contributed by atoms with Crippen molar-refractivity contribution in [2.45, 2.75) is 6.42 Å². The van der Waals surface area contributed by atoms with Crippen molar-refractivity contribution in [2.75, 3.05) is 6.61 Å². The van der Waals surface area contributed by atoms with Crippen molar-refractivity contribution in [3.63, 3.8) is 0 Å². The highest BCUT2D eigenvalue weighted by molar-refractivity contribution is 6.32. The summed E-state index contributed by atoms with van der Waals surface area (Å²) in [5.41, 5.74) is 1.84. The second-order valence-electron chi connectivity index (χ2n) is 5.26. The molecule has 25 heavy (non-hydrogen) atoms. The molecule has 1 N–H and O–H groups in total. The van der Waals surface area contributed by atoms with E-state index in [0.29, 0.717) is 34.0 Å². The van der Waals surface area contributed by atoms with E-state index >= 15 is 0 Å². The van der Waals surface area contributed by atoms with E-state index in [9.17, 15) is 4.79 Å². The Morgan fingerprint density at radius 2 is 2.12 bits per heavy atom. The Balaban J connectivity index is 1.86. The molecule has 3 rings (SSSR count). The quantitative estimate of drug-likeness (QED) is 0.683. The van der Waals surface area contributed by atoms with E-state index in [1.807, 2.05) is 18.2 Å². The number of aliphatic carboxylic acids is 1.